The van der Waals surface area contributed by atoms with Crippen molar-refractivity contribution in [2.75, 3.05) is 6.61 Å². The standard InChI is InChI=1S/C24H35O4P/c1-2-3-4-5-6-7-8-9-10-17-22-26-29(25,27-23-18-13-11-14-19-23)28-24-20-15-12-16-21-24/h11-16,18-21H,2-10,17,22H2,1H3/i11D,12D,13D,14D,15D,16D,18D,19D,20D,21D. The first kappa shape index (κ1) is 12.8. The molecule has 0 atom stereocenters. The van der Waals surface area contributed by atoms with Crippen LogP contribution in [-0.2, 0) is 9.09 Å². The Morgan fingerprint density at radius 3 is 1.55 bits per heavy atom. The van der Waals surface area contributed by atoms with Crippen molar-refractivity contribution in [3.63, 3.8) is 0 Å². The highest BCUT2D eigenvalue weighted by molar-refractivity contribution is 7.49. The maximum atomic E-state index is 13.7. The molecule has 5 heteroatoms. The van der Waals surface area contributed by atoms with Crippen molar-refractivity contribution in [1.29, 1.82) is 0 Å². The van der Waals surface area contributed by atoms with Gasteiger partial charge in [0.15, 0.2) is 0 Å². The number of unbranched alkanes of at least 4 members (excludes halogenated alkanes) is 9. The first-order valence-corrected chi connectivity index (χ1v) is 11.6. The Balaban J connectivity index is 2.21. The van der Waals surface area contributed by atoms with Crippen molar-refractivity contribution >= 4 is 7.82 Å². The van der Waals surface area contributed by atoms with Gasteiger partial charge in [-0.15, -0.1) is 0 Å². The van der Waals surface area contributed by atoms with Crippen LogP contribution in [0, 0.1) is 0 Å². The Morgan fingerprint density at radius 1 is 0.690 bits per heavy atom. The summed E-state index contributed by atoms with van der Waals surface area (Å²) in [6.45, 7) is 2.01. The van der Waals surface area contributed by atoms with Gasteiger partial charge in [-0.1, -0.05) is 101 Å². The van der Waals surface area contributed by atoms with Crippen LogP contribution in [0.1, 0.15) is 84.8 Å². The number of para-hydroxylation sites is 2. The predicted octanol–water partition coefficient (Wildman–Crippen LogP) is 8.19. The van der Waals surface area contributed by atoms with Crippen molar-refractivity contribution in [1.82, 2.24) is 0 Å². The number of benzene rings is 2. The minimum absolute atomic E-state index is 0.162. The van der Waals surface area contributed by atoms with Crippen LogP contribution in [0.5, 0.6) is 11.5 Å². The fourth-order valence-electron chi connectivity index (χ4n) is 2.63. The van der Waals surface area contributed by atoms with Crippen LogP contribution in [0.4, 0.5) is 0 Å². The molecule has 2 rings (SSSR count). The van der Waals surface area contributed by atoms with Crippen LogP contribution in [0.3, 0.4) is 0 Å². The van der Waals surface area contributed by atoms with E-state index in [1.807, 2.05) is 0 Å². The molecule has 0 saturated heterocycles. The molecule has 0 unspecified atom stereocenters. The molecule has 0 spiro atoms. The van der Waals surface area contributed by atoms with E-state index in [1.165, 1.54) is 32.1 Å². The molecule has 0 radical (unpaired) electrons. The van der Waals surface area contributed by atoms with Gasteiger partial charge in [-0.3, -0.25) is 4.52 Å². The topological polar surface area (TPSA) is 44.8 Å². The molecule has 0 aliphatic heterocycles. The summed E-state index contributed by atoms with van der Waals surface area (Å²) in [7, 11) is -4.89. The summed E-state index contributed by atoms with van der Waals surface area (Å²) >= 11 is 0. The molecule has 0 amide bonds. The lowest BCUT2D eigenvalue weighted by Crippen LogP contribution is -2.06. The van der Waals surface area contributed by atoms with Crippen molar-refractivity contribution in [2.45, 2.75) is 71.1 Å². The van der Waals surface area contributed by atoms with E-state index in [0.29, 0.717) is 6.42 Å². The summed E-state index contributed by atoms with van der Waals surface area (Å²) in [6, 6.07) is -7.53. The van der Waals surface area contributed by atoms with Gasteiger partial charge in [0.25, 0.3) is 0 Å². The summed E-state index contributed by atoms with van der Waals surface area (Å²) in [4.78, 5) is 0. The normalized spacial score (nSPS) is 16.2. The van der Waals surface area contributed by atoms with Crippen LogP contribution in [0.15, 0.2) is 60.4 Å². The van der Waals surface area contributed by atoms with Crippen molar-refractivity contribution in [3.8, 4) is 11.5 Å². The van der Waals surface area contributed by atoms with Crippen molar-refractivity contribution in [2.24, 2.45) is 0 Å². The quantitative estimate of drug-likeness (QED) is 0.200. The fourth-order valence-corrected chi connectivity index (χ4v) is 3.75. The van der Waals surface area contributed by atoms with Gasteiger partial charge < -0.3 is 9.05 Å². The van der Waals surface area contributed by atoms with Crippen molar-refractivity contribution in [3.05, 3.63) is 60.4 Å². The number of phosphoric ester groups is 1. The van der Waals surface area contributed by atoms with Crippen LogP contribution in [0.25, 0.3) is 0 Å². The molecule has 0 N–H and O–H groups in total. The van der Waals surface area contributed by atoms with Gasteiger partial charge in [0, 0.05) is 0 Å². The zero-order chi connectivity index (χ0) is 29.3. The highest BCUT2D eigenvalue weighted by Gasteiger charge is 2.30. The van der Waals surface area contributed by atoms with Crippen LogP contribution in [-0.4, -0.2) is 6.61 Å². The summed E-state index contributed by atoms with van der Waals surface area (Å²) in [5, 5.41) is 0. The Kier molecular flexibility index (Phi) is 6.30. The molecular weight excluding hydrogens is 383 g/mol. The van der Waals surface area contributed by atoms with Gasteiger partial charge in [-0.25, -0.2) is 4.57 Å². The average molecular weight is 429 g/mol. The number of hydrogen-bond donors (Lipinski definition) is 0. The smallest absolute Gasteiger partial charge is 0.395 e. The Labute approximate surface area is 190 Å². The van der Waals surface area contributed by atoms with E-state index < -0.39 is 79.7 Å². The molecule has 160 valence electrons. The van der Waals surface area contributed by atoms with E-state index in [-0.39, 0.29) is 6.61 Å². The number of phosphoric acid groups is 1. The molecule has 0 saturated carbocycles. The first-order chi connectivity index (χ1) is 18.4. The second-order valence-corrected chi connectivity index (χ2v) is 8.07. The number of hydrogen-bond acceptors (Lipinski definition) is 4. The third-order valence-electron chi connectivity index (χ3n) is 4.11. The maximum absolute atomic E-state index is 13.7. The molecule has 0 aromatic heterocycles. The largest absolute Gasteiger partial charge is 0.587 e. The van der Waals surface area contributed by atoms with Gasteiger partial charge >= 0.3 is 7.82 Å². The second kappa shape index (κ2) is 14.3. The monoisotopic (exact) mass is 428 g/mol. The van der Waals surface area contributed by atoms with Gasteiger partial charge in [0.05, 0.1) is 20.3 Å². The maximum Gasteiger partial charge on any atom is 0.587 e. The van der Waals surface area contributed by atoms with Crippen LogP contribution < -0.4 is 9.05 Å². The van der Waals surface area contributed by atoms with E-state index in [1.54, 1.807) is 0 Å². The van der Waals surface area contributed by atoms with Crippen LogP contribution in [0.2, 0.25) is 0 Å². The summed E-state index contributed by atoms with van der Waals surface area (Å²) in [5.41, 5.74) is 0. The summed E-state index contributed by atoms with van der Waals surface area (Å²) in [5.74, 6) is -1.61. The minimum Gasteiger partial charge on any atom is -0.395 e. The van der Waals surface area contributed by atoms with E-state index in [4.69, 9.17) is 27.3 Å². The van der Waals surface area contributed by atoms with E-state index in [2.05, 4.69) is 6.92 Å². The highest BCUT2D eigenvalue weighted by Crippen LogP contribution is 2.49. The molecule has 0 fully saturated rings. The predicted molar refractivity (Wildman–Crippen MR) is 120 cm³/mol. The molecule has 0 heterocycles. The first-order valence-electron chi connectivity index (χ1n) is 15.1. The molecule has 4 nitrogen and oxygen atoms in total. The van der Waals surface area contributed by atoms with Gasteiger partial charge in [-0.05, 0) is 30.6 Å². The van der Waals surface area contributed by atoms with Crippen molar-refractivity contribution < 1.29 is 31.8 Å². The molecule has 0 bridgehead atoms. The lowest BCUT2D eigenvalue weighted by atomic mass is 10.1. The second-order valence-electron chi connectivity index (χ2n) is 6.55. The minimum atomic E-state index is -4.89. The fraction of sp³-hybridized carbons (Fsp3) is 0.500. The Bertz CT molecular complexity index is 1060. The van der Waals surface area contributed by atoms with Gasteiger partial charge in [0.2, 0.25) is 0 Å². The lowest BCUT2D eigenvalue weighted by Gasteiger charge is -2.19. The molecular formula is C24H35O4P. The van der Waals surface area contributed by atoms with Crippen LogP contribution >= 0.6 is 7.82 Å². The van der Waals surface area contributed by atoms with E-state index in [9.17, 15) is 4.57 Å². The lowest BCUT2D eigenvalue weighted by molar-refractivity contribution is 0.205. The summed E-state index contributed by atoms with van der Waals surface area (Å²) in [6.07, 6.45) is 10.3. The SMILES string of the molecule is [2H]c1c([2H])c([2H])c(OP(=O)(OCCCCCCCCCCCC)Oc2c([2H])c([2H])c([2H])c([2H])c2[2H])c([2H])c1[2H]. The third kappa shape index (κ3) is 10.5. The Morgan fingerprint density at radius 2 is 1.10 bits per heavy atom. The molecule has 0 aliphatic rings. The zero-order valence-electron chi connectivity index (χ0n) is 26.9. The molecule has 2 aromatic rings. The van der Waals surface area contributed by atoms with E-state index in [0.717, 1.165) is 25.7 Å². The molecule has 0 aliphatic carbocycles. The van der Waals surface area contributed by atoms with Gasteiger partial charge in [-0.2, -0.15) is 0 Å². The molecule has 2 aromatic carbocycles. The summed E-state index contributed by atoms with van der Waals surface area (Å²) < 4.78 is 109. The Hall–Kier alpha value is -1.77. The zero-order valence-corrected chi connectivity index (χ0v) is 17.8. The highest BCUT2D eigenvalue weighted by atomic mass is 31.2. The number of rotatable bonds is 16. The third-order valence-corrected chi connectivity index (χ3v) is 5.42. The molecule has 29 heavy (non-hydrogen) atoms. The van der Waals surface area contributed by atoms with Gasteiger partial charge in [0.1, 0.15) is 11.5 Å². The van der Waals surface area contributed by atoms with E-state index >= 15 is 0 Å². The average Bonchev–Trinajstić information content (AvgIpc) is 2.92.